The van der Waals surface area contributed by atoms with Gasteiger partial charge in [0.2, 0.25) is 10.0 Å². The zero-order valence-electron chi connectivity index (χ0n) is 11.9. The van der Waals surface area contributed by atoms with E-state index in [1.807, 2.05) is 39.3 Å². The molecule has 0 unspecified atom stereocenters. The Kier molecular flexibility index (Phi) is 3.18. The summed E-state index contributed by atoms with van der Waals surface area (Å²) in [5, 5.41) is 0. The molecule has 6 heteroatoms. The molecule has 0 saturated carbocycles. The van der Waals surface area contributed by atoms with Gasteiger partial charge in [-0.25, -0.2) is 18.1 Å². The van der Waals surface area contributed by atoms with Gasteiger partial charge < -0.3 is 4.57 Å². The van der Waals surface area contributed by atoms with Crippen LogP contribution in [0.25, 0.3) is 11.0 Å². The number of benzene rings is 1. The molecule has 1 aromatic carbocycles. The van der Waals surface area contributed by atoms with Crippen LogP contribution in [0, 0.1) is 6.92 Å². The Morgan fingerprint density at radius 2 is 1.89 bits per heavy atom. The van der Waals surface area contributed by atoms with E-state index in [0.717, 1.165) is 11.3 Å². The summed E-state index contributed by atoms with van der Waals surface area (Å²) in [6.07, 6.45) is 0. The molecule has 0 fully saturated rings. The largest absolute Gasteiger partial charge is 0.331 e. The lowest BCUT2D eigenvalue weighted by Crippen LogP contribution is -2.40. The Labute approximate surface area is 113 Å². The molecule has 1 N–H and O–H groups in total. The Bertz CT molecular complexity index is 724. The predicted molar refractivity (Wildman–Crippen MR) is 75.5 cm³/mol. The monoisotopic (exact) mass is 281 g/mol. The first kappa shape index (κ1) is 14.0. The van der Waals surface area contributed by atoms with Crippen molar-refractivity contribution >= 4 is 21.1 Å². The van der Waals surface area contributed by atoms with Crippen molar-refractivity contribution in [1.29, 1.82) is 0 Å². The minimum absolute atomic E-state index is 0.244. The average molecular weight is 281 g/mol. The van der Waals surface area contributed by atoms with E-state index in [4.69, 9.17) is 0 Å². The molecule has 0 aliphatic carbocycles. The summed E-state index contributed by atoms with van der Waals surface area (Å²) in [6.45, 7) is 7.33. The fourth-order valence-electron chi connectivity index (χ4n) is 1.93. The van der Waals surface area contributed by atoms with Crippen LogP contribution in [0.5, 0.6) is 0 Å². The van der Waals surface area contributed by atoms with Crippen LogP contribution < -0.4 is 4.72 Å². The number of fused-ring (bicyclic) bond motifs is 1. The number of rotatable bonds is 2. The van der Waals surface area contributed by atoms with Crippen molar-refractivity contribution < 1.29 is 8.42 Å². The Balaban J connectivity index is 2.52. The van der Waals surface area contributed by atoms with Gasteiger partial charge in [-0.1, -0.05) is 0 Å². The van der Waals surface area contributed by atoms with Crippen LogP contribution >= 0.6 is 0 Å². The molecule has 1 heterocycles. The van der Waals surface area contributed by atoms with E-state index < -0.39 is 15.6 Å². The van der Waals surface area contributed by atoms with E-state index in [2.05, 4.69) is 9.71 Å². The van der Waals surface area contributed by atoms with Gasteiger partial charge in [0.1, 0.15) is 5.82 Å². The summed E-state index contributed by atoms with van der Waals surface area (Å²) >= 11 is 0. The summed E-state index contributed by atoms with van der Waals surface area (Å²) in [5.74, 6) is 0.855. The first-order chi connectivity index (χ1) is 8.60. The second-order valence-corrected chi connectivity index (χ2v) is 7.41. The first-order valence-corrected chi connectivity index (χ1v) is 7.55. The maximum Gasteiger partial charge on any atom is 0.241 e. The van der Waals surface area contributed by atoms with Gasteiger partial charge in [-0.2, -0.15) is 0 Å². The molecule has 0 radical (unpaired) electrons. The molecule has 0 bridgehead atoms. The standard InChI is InChI=1S/C13H19N3O2S/c1-9-14-11-8-10(6-7-12(11)16(9)5)19(17,18)15-13(2,3)4/h6-8,15H,1-5H3. The van der Waals surface area contributed by atoms with Crippen LogP contribution in [0.2, 0.25) is 0 Å². The summed E-state index contributed by atoms with van der Waals surface area (Å²) in [5.41, 5.74) is 1.11. The number of sulfonamides is 1. The number of hydrogen-bond acceptors (Lipinski definition) is 3. The lowest BCUT2D eigenvalue weighted by molar-refractivity contribution is 0.491. The van der Waals surface area contributed by atoms with Crippen LogP contribution in [0.3, 0.4) is 0 Å². The van der Waals surface area contributed by atoms with Gasteiger partial charge in [0.05, 0.1) is 15.9 Å². The zero-order valence-corrected chi connectivity index (χ0v) is 12.7. The fraction of sp³-hybridized carbons (Fsp3) is 0.462. The summed E-state index contributed by atoms with van der Waals surface area (Å²) in [7, 11) is -1.60. The van der Waals surface area contributed by atoms with E-state index in [9.17, 15) is 8.42 Å². The second-order valence-electron chi connectivity index (χ2n) is 5.72. The quantitative estimate of drug-likeness (QED) is 0.915. The second kappa shape index (κ2) is 4.31. The van der Waals surface area contributed by atoms with Crippen LogP contribution in [-0.2, 0) is 17.1 Å². The van der Waals surface area contributed by atoms with Gasteiger partial charge in [-0.05, 0) is 45.9 Å². The van der Waals surface area contributed by atoms with Crippen molar-refractivity contribution in [2.75, 3.05) is 0 Å². The SMILES string of the molecule is Cc1nc2cc(S(=O)(=O)NC(C)(C)C)ccc2n1C. The molecular weight excluding hydrogens is 262 g/mol. The first-order valence-electron chi connectivity index (χ1n) is 6.07. The summed E-state index contributed by atoms with van der Waals surface area (Å²) in [4.78, 5) is 4.60. The molecule has 104 valence electrons. The number of hydrogen-bond donors (Lipinski definition) is 1. The Morgan fingerprint density at radius 1 is 1.26 bits per heavy atom. The molecule has 0 aliphatic heterocycles. The molecule has 1 aromatic heterocycles. The van der Waals surface area contributed by atoms with Crippen molar-refractivity contribution in [1.82, 2.24) is 14.3 Å². The molecule has 19 heavy (non-hydrogen) atoms. The average Bonchev–Trinajstić information content (AvgIpc) is 2.51. The third kappa shape index (κ3) is 2.79. The topological polar surface area (TPSA) is 64.0 Å². The van der Waals surface area contributed by atoms with Crippen molar-refractivity contribution in [3.63, 3.8) is 0 Å². The van der Waals surface area contributed by atoms with Crippen molar-refractivity contribution in [3.8, 4) is 0 Å². The maximum atomic E-state index is 12.2. The number of nitrogens with one attached hydrogen (secondary N) is 1. The smallest absolute Gasteiger partial charge is 0.241 e. The van der Waals surface area contributed by atoms with Crippen LogP contribution in [0.15, 0.2) is 23.1 Å². The summed E-state index contributed by atoms with van der Waals surface area (Å²) in [6, 6.07) is 5.00. The number of aromatic nitrogens is 2. The molecule has 0 amide bonds. The molecule has 0 aliphatic rings. The van der Waals surface area contributed by atoms with Gasteiger partial charge in [0.15, 0.2) is 0 Å². The molecule has 0 spiro atoms. The fourth-order valence-corrected chi connectivity index (χ4v) is 3.37. The van der Waals surface area contributed by atoms with Crippen molar-refractivity contribution in [3.05, 3.63) is 24.0 Å². The van der Waals surface area contributed by atoms with Gasteiger partial charge in [0.25, 0.3) is 0 Å². The van der Waals surface area contributed by atoms with Crippen LogP contribution in [0.4, 0.5) is 0 Å². The highest BCUT2D eigenvalue weighted by molar-refractivity contribution is 7.89. The van der Waals surface area contributed by atoms with Crippen molar-refractivity contribution in [2.24, 2.45) is 7.05 Å². The minimum Gasteiger partial charge on any atom is -0.331 e. The van der Waals surface area contributed by atoms with Crippen LogP contribution in [-0.4, -0.2) is 23.5 Å². The third-order valence-electron chi connectivity index (χ3n) is 2.83. The summed E-state index contributed by atoms with van der Waals surface area (Å²) < 4.78 is 29.0. The van der Waals surface area contributed by atoms with E-state index in [-0.39, 0.29) is 4.90 Å². The van der Waals surface area contributed by atoms with E-state index >= 15 is 0 Å². The maximum absolute atomic E-state index is 12.2. The normalized spacial score (nSPS) is 13.1. The molecule has 2 aromatic rings. The molecule has 0 atom stereocenters. The van der Waals surface area contributed by atoms with E-state index in [0.29, 0.717) is 5.52 Å². The van der Waals surface area contributed by atoms with Gasteiger partial charge in [0, 0.05) is 12.6 Å². The van der Waals surface area contributed by atoms with E-state index in [1.165, 1.54) is 0 Å². The predicted octanol–water partition coefficient (Wildman–Crippen LogP) is 1.96. The van der Waals surface area contributed by atoms with Gasteiger partial charge >= 0.3 is 0 Å². The van der Waals surface area contributed by atoms with E-state index in [1.54, 1.807) is 18.2 Å². The highest BCUT2D eigenvalue weighted by Crippen LogP contribution is 2.20. The number of nitrogens with zero attached hydrogens (tertiary/aromatic N) is 2. The lowest BCUT2D eigenvalue weighted by atomic mass is 10.1. The highest BCUT2D eigenvalue weighted by Gasteiger charge is 2.22. The molecular formula is C13H19N3O2S. The van der Waals surface area contributed by atoms with Gasteiger partial charge in [-0.3, -0.25) is 0 Å². The highest BCUT2D eigenvalue weighted by atomic mass is 32.2. The van der Waals surface area contributed by atoms with Crippen molar-refractivity contribution in [2.45, 2.75) is 38.1 Å². The molecule has 0 saturated heterocycles. The zero-order chi connectivity index (χ0) is 14.4. The Hall–Kier alpha value is -1.40. The van der Waals surface area contributed by atoms with Crippen LogP contribution in [0.1, 0.15) is 26.6 Å². The Morgan fingerprint density at radius 3 is 2.47 bits per heavy atom. The molecule has 5 nitrogen and oxygen atoms in total. The minimum atomic E-state index is -3.51. The number of aryl methyl sites for hydroxylation is 2. The molecule has 2 rings (SSSR count). The lowest BCUT2D eigenvalue weighted by Gasteiger charge is -2.20. The van der Waals surface area contributed by atoms with Gasteiger partial charge in [-0.15, -0.1) is 0 Å². The third-order valence-corrected chi connectivity index (χ3v) is 4.58. The number of imidazole rings is 1.